The molecule has 1 fully saturated rings. The van der Waals surface area contributed by atoms with Crippen molar-refractivity contribution in [2.45, 2.75) is 38.6 Å². The van der Waals surface area contributed by atoms with Crippen molar-refractivity contribution in [2.24, 2.45) is 0 Å². The lowest BCUT2D eigenvalue weighted by Gasteiger charge is -2.17. The van der Waals surface area contributed by atoms with Crippen LogP contribution < -0.4 is 11.2 Å². The second-order valence-corrected chi connectivity index (χ2v) is 4.62. The highest BCUT2D eigenvalue weighted by atomic mass is 19.1. The quantitative estimate of drug-likeness (QED) is 0.834. The van der Waals surface area contributed by atoms with Crippen LogP contribution in [0.5, 0.6) is 0 Å². The molecule has 19 heavy (non-hydrogen) atoms. The minimum atomic E-state index is -0.774. The van der Waals surface area contributed by atoms with Gasteiger partial charge >= 0.3 is 5.69 Å². The Labute approximate surface area is 109 Å². The predicted octanol–water partition coefficient (Wildman–Crippen LogP) is -0.0422. The number of ether oxygens (including phenoxy) is 1. The maximum absolute atomic E-state index is 12.4. The molecule has 1 N–H and O–H groups in total. The summed E-state index contributed by atoms with van der Waals surface area (Å²) in [4.78, 5) is 23.9. The van der Waals surface area contributed by atoms with E-state index in [-0.39, 0.29) is 19.3 Å². The summed E-state index contributed by atoms with van der Waals surface area (Å²) in [5.41, 5.74) is -0.684. The van der Waals surface area contributed by atoms with Crippen molar-refractivity contribution in [3.8, 4) is 0 Å². The average Bonchev–Trinajstić information content (AvgIpc) is 2.87. The summed E-state index contributed by atoms with van der Waals surface area (Å²) in [6, 6.07) is 0. The first-order valence-corrected chi connectivity index (χ1v) is 6.23. The Balaban J connectivity index is 2.42. The zero-order valence-corrected chi connectivity index (χ0v) is 10.7. The molecule has 1 aromatic heterocycles. The van der Waals surface area contributed by atoms with E-state index in [0.29, 0.717) is 18.4 Å². The lowest BCUT2D eigenvalue weighted by atomic mass is 10.2. The highest BCUT2D eigenvalue weighted by Crippen LogP contribution is 2.26. The fourth-order valence-corrected chi connectivity index (χ4v) is 2.27. The number of rotatable bonds is 4. The molecule has 0 aliphatic carbocycles. The third-order valence-electron chi connectivity index (χ3n) is 3.27. The first-order chi connectivity index (χ1) is 9.08. The average molecular weight is 272 g/mol. The number of nitrogens with zero attached hydrogens (tertiary/aromatic N) is 2. The summed E-state index contributed by atoms with van der Waals surface area (Å²) in [6.07, 6.45) is 1.87. The van der Waals surface area contributed by atoms with E-state index < -0.39 is 24.2 Å². The topological polar surface area (TPSA) is 73.5 Å². The van der Waals surface area contributed by atoms with E-state index >= 15 is 0 Å². The number of aryl methyl sites for hydroxylation is 1. The second-order valence-electron chi connectivity index (χ2n) is 4.62. The van der Waals surface area contributed by atoms with Crippen LogP contribution in [0.3, 0.4) is 0 Å². The van der Waals surface area contributed by atoms with Gasteiger partial charge in [-0.05, 0) is 19.8 Å². The van der Waals surface area contributed by atoms with E-state index in [0.717, 1.165) is 4.57 Å². The van der Waals surface area contributed by atoms with Crippen LogP contribution in [0.2, 0.25) is 0 Å². The molecule has 7 heteroatoms. The second kappa shape index (κ2) is 5.66. The minimum Gasteiger partial charge on any atom is -0.394 e. The molecule has 1 saturated heterocycles. The van der Waals surface area contributed by atoms with Crippen LogP contribution in [0, 0.1) is 6.92 Å². The fraction of sp³-hybridized carbons (Fsp3) is 0.667. The van der Waals surface area contributed by atoms with Gasteiger partial charge in [-0.25, -0.2) is 9.18 Å². The maximum atomic E-state index is 12.4. The van der Waals surface area contributed by atoms with Crippen molar-refractivity contribution in [3.05, 3.63) is 32.6 Å². The van der Waals surface area contributed by atoms with Crippen LogP contribution in [0.4, 0.5) is 4.39 Å². The van der Waals surface area contributed by atoms with E-state index in [9.17, 15) is 14.0 Å². The molecule has 0 amide bonds. The Bertz CT molecular complexity index is 566. The molecule has 0 unspecified atom stereocenters. The molecule has 106 valence electrons. The molecule has 1 aliphatic heterocycles. The molecule has 1 aliphatic rings. The standard InChI is InChI=1S/C12H17FN2O4/c1-8-6-15(10-3-2-9(7-16)19-10)12(18)14(5-4-13)11(8)17/h6,9-10,16H,2-5,7H2,1H3/t9-,10+/m0/s1. The summed E-state index contributed by atoms with van der Waals surface area (Å²) >= 11 is 0. The molecule has 0 aromatic carbocycles. The van der Waals surface area contributed by atoms with Crippen molar-refractivity contribution in [1.82, 2.24) is 9.13 Å². The van der Waals surface area contributed by atoms with Gasteiger partial charge < -0.3 is 9.84 Å². The lowest BCUT2D eigenvalue weighted by Crippen LogP contribution is -2.42. The molecule has 0 spiro atoms. The van der Waals surface area contributed by atoms with Gasteiger partial charge in [0.25, 0.3) is 5.56 Å². The van der Waals surface area contributed by atoms with Crippen LogP contribution in [0.1, 0.15) is 24.6 Å². The van der Waals surface area contributed by atoms with Crippen LogP contribution in [0.15, 0.2) is 15.8 Å². The van der Waals surface area contributed by atoms with Gasteiger partial charge in [-0.2, -0.15) is 0 Å². The summed E-state index contributed by atoms with van der Waals surface area (Å²) in [5.74, 6) is 0. The van der Waals surface area contributed by atoms with Gasteiger partial charge in [0.15, 0.2) is 0 Å². The van der Waals surface area contributed by atoms with Crippen molar-refractivity contribution in [3.63, 3.8) is 0 Å². The molecule has 0 radical (unpaired) electrons. The van der Waals surface area contributed by atoms with Gasteiger partial charge in [-0.15, -0.1) is 0 Å². The zero-order valence-electron chi connectivity index (χ0n) is 10.7. The summed E-state index contributed by atoms with van der Waals surface area (Å²) in [5, 5.41) is 9.02. The molecule has 2 rings (SSSR count). The van der Waals surface area contributed by atoms with E-state index in [1.165, 1.54) is 10.8 Å². The largest absolute Gasteiger partial charge is 0.394 e. The van der Waals surface area contributed by atoms with Gasteiger partial charge in [0.05, 0.1) is 19.3 Å². The molecule has 6 nitrogen and oxygen atoms in total. The Morgan fingerprint density at radius 1 is 1.47 bits per heavy atom. The number of hydrogen-bond donors (Lipinski definition) is 1. The normalized spacial score (nSPS) is 22.9. The Morgan fingerprint density at radius 2 is 2.21 bits per heavy atom. The predicted molar refractivity (Wildman–Crippen MR) is 65.9 cm³/mol. The van der Waals surface area contributed by atoms with Gasteiger partial charge in [-0.1, -0.05) is 0 Å². The maximum Gasteiger partial charge on any atom is 0.333 e. The summed E-state index contributed by atoms with van der Waals surface area (Å²) in [7, 11) is 0. The number of aliphatic hydroxyl groups excluding tert-OH is 1. The smallest absolute Gasteiger partial charge is 0.333 e. The minimum absolute atomic E-state index is 0.103. The third kappa shape index (κ3) is 2.62. The molecule has 0 saturated carbocycles. The number of hydrogen-bond acceptors (Lipinski definition) is 4. The molecule has 1 aromatic rings. The van der Waals surface area contributed by atoms with Gasteiger partial charge in [0.1, 0.15) is 12.9 Å². The van der Waals surface area contributed by atoms with Gasteiger partial charge in [-0.3, -0.25) is 13.9 Å². The van der Waals surface area contributed by atoms with Crippen LogP contribution >= 0.6 is 0 Å². The Morgan fingerprint density at radius 3 is 2.79 bits per heavy atom. The van der Waals surface area contributed by atoms with Gasteiger partial charge in [0.2, 0.25) is 0 Å². The van der Waals surface area contributed by atoms with E-state index in [4.69, 9.17) is 9.84 Å². The molecular formula is C12H17FN2O4. The summed E-state index contributed by atoms with van der Waals surface area (Å²) < 4.78 is 20.1. The van der Waals surface area contributed by atoms with Crippen molar-refractivity contribution in [2.75, 3.05) is 13.3 Å². The number of alkyl halides is 1. The third-order valence-corrected chi connectivity index (χ3v) is 3.27. The Kier molecular flexibility index (Phi) is 4.16. The first-order valence-electron chi connectivity index (χ1n) is 6.23. The van der Waals surface area contributed by atoms with Crippen LogP contribution in [0.25, 0.3) is 0 Å². The number of aromatic nitrogens is 2. The zero-order chi connectivity index (χ0) is 14.0. The van der Waals surface area contributed by atoms with Crippen LogP contribution in [-0.2, 0) is 11.3 Å². The molecular weight excluding hydrogens is 255 g/mol. The van der Waals surface area contributed by atoms with Gasteiger partial charge in [0, 0.05) is 11.8 Å². The SMILES string of the molecule is Cc1cn([C@H]2CC[C@@H](CO)O2)c(=O)n(CCF)c1=O. The lowest BCUT2D eigenvalue weighted by molar-refractivity contribution is -0.0253. The molecule has 2 heterocycles. The fourth-order valence-electron chi connectivity index (χ4n) is 2.27. The number of aliphatic hydroxyl groups is 1. The molecule has 2 atom stereocenters. The Hall–Kier alpha value is -1.47. The van der Waals surface area contributed by atoms with Crippen molar-refractivity contribution < 1.29 is 14.2 Å². The van der Waals surface area contributed by atoms with Crippen molar-refractivity contribution >= 4 is 0 Å². The number of halogens is 1. The highest BCUT2D eigenvalue weighted by molar-refractivity contribution is 5.03. The van der Waals surface area contributed by atoms with E-state index in [1.807, 2.05) is 0 Å². The van der Waals surface area contributed by atoms with Crippen LogP contribution in [-0.4, -0.2) is 33.6 Å². The molecule has 0 bridgehead atoms. The highest BCUT2D eigenvalue weighted by Gasteiger charge is 2.27. The van der Waals surface area contributed by atoms with E-state index in [2.05, 4.69) is 0 Å². The summed E-state index contributed by atoms with van der Waals surface area (Å²) in [6.45, 7) is 0.443. The monoisotopic (exact) mass is 272 g/mol. The van der Waals surface area contributed by atoms with Crippen molar-refractivity contribution in [1.29, 1.82) is 0 Å². The first kappa shape index (κ1) is 14.0. The van der Waals surface area contributed by atoms with E-state index in [1.54, 1.807) is 6.92 Å².